The number of hydrogen-bond donors (Lipinski definition) is 3. The molecular formula is C16H15N3O3S. The van der Waals surface area contributed by atoms with Gasteiger partial charge in [-0.15, -0.1) is 0 Å². The van der Waals surface area contributed by atoms with Gasteiger partial charge in [0.25, 0.3) is 0 Å². The van der Waals surface area contributed by atoms with Crippen LogP contribution in [0.15, 0.2) is 59.7 Å². The van der Waals surface area contributed by atoms with Crippen LogP contribution in [0.25, 0.3) is 0 Å². The molecule has 118 valence electrons. The first-order valence-corrected chi connectivity index (χ1v) is 7.14. The number of benzene rings is 2. The van der Waals surface area contributed by atoms with Gasteiger partial charge in [0.05, 0.1) is 6.21 Å². The molecule has 0 atom stereocenters. The zero-order valence-corrected chi connectivity index (χ0v) is 12.9. The predicted molar refractivity (Wildman–Crippen MR) is 93.0 cm³/mol. The summed E-state index contributed by atoms with van der Waals surface area (Å²) in [7, 11) is 0. The third-order valence-electron chi connectivity index (χ3n) is 2.65. The number of carbonyl (C=O) groups is 1. The number of hydrogen-bond acceptors (Lipinski definition) is 4. The van der Waals surface area contributed by atoms with Gasteiger partial charge in [-0.05, 0) is 54.2 Å². The van der Waals surface area contributed by atoms with E-state index in [0.29, 0.717) is 10.9 Å². The molecule has 0 spiro atoms. The topological polar surface area (TPSA) is 83.0 Å². The molecule has 7 heteroatoms. The lowest BCUT2D eigenvalue weighted by atomic mass is 10.2. The largest absolute Gasteiger partial charge is 0.482 e. The lowest BCUT2D eigenvalue weighted by Crippen LogP contribution is -2.23. The Morgan fingerprint density at radius 1 is 1.17 bits per heavy atom. The quantitative estimate of drug-likeness (QED) is 0.429. The zero-order chi connectivity index (χ0) is 16.5. The van der Waals surface area contributed by atoms with Crippen molar-refractivity contribution in [1.82, 2.24) is 5.43 Å². The summed E-state index contributed by atoms with van der Waals surface area (Å²) in [6.07, 6.45) is 1.60. The van der Waals surface area contributed by atoms with Crippen LogP contribution < -0.4 is 15.5 Å². The maximum atomic E-state index is 10.4. The number of nitrogens with one attached hydrogen (secondary N) is 2. The Kier molecular flexibility index (Phi) is 6.07. The fourth-order valence-corrected chi connectivity index (χ4v) is 1.81. The fraction of sp³-hybridized carbons (Fsp3) is 0.0625. The first-order valence-electron chi connectivity index (χ1n) is 6.73. The number of para-hydroxylation sites is 1. The molecule has 6 nitrogen and oxygen atoms in total. The fourth-order valence-electron chi connectivity index (χ4n) is 1.64. The zero-order valence-electron chi connectivity index (χ0n) is 12.1. The number of anilines is 1. The minimum absolute atomic E-state index is 0.367. The second-order valence-corrected chi connectivity index (χ2v) is 4.85. The number of thiocarbonyl (C=S) groups is 1. The number of carboxylic acid groups (broad SMARTS) is 1. The Morgan fingerprint density at radius 2 is 1.87 bits per heavy atom. The van der Waals surface area contributed by atoms with E-state index < -0.39 is 5.97 Å². The summed E-state index contributed by atoms with van der Waals surface area (Å²) in [5.74, 6) is -0.530. The van der Waals surface area contributed by atoms with Gasteiger partial charge in [-0.3, -0.25) is 5.43 Å². The number of rotatable bonds is 6. The van der Waals surface area contributed by atoms with Crippen molar-refractivity contribution in [2.75, 3.05) is 11.9 Å². The molecule has 0 amide bonds. The lowest BCUT2D eigenvalue weighted by Gasteiger charge is -2.06. The summed E-state index contributed by atoms with van der Waals surface area (Å²) in [5.41, 5.74) is 4.41. The Morgan fingerprint density at radius 3 is 2.52 bits per heavy atom. The van der Waals surface area contributed by atoms with Gasteiger partial charge in [-0.2, -0.15) is 5.10 Å². The van der Waals surface area contributed by atoms with E-state index in [4.69, 9.17) is 22.1 Å². The molecule has 0 aromatic heterocycles. The normalized spacial score (nSPS) is 10.3. The Labute approximate surface area is 138 Å². The number of nitrogens with zero attached hydrogens (tertiary/aromatic N) is 1. The molecule has 0 bridgehead atoms. The van der Waals surface area contributed by atoms with Crippen LogP contribution in [-0.4, -0.2) is 29.0 Å². The molecule has 0 saturated carbocycles. The molecule has 2 rings (SSSR count). The highest BCUT2D eigenvalue weighted by molar-refractivity contribution is 7.80. The van der Waals surface area contributed by atoms with Crippen LogP contribution in [0.4, 0.5) is 5.69 Å². The van der Waals surface area contributed by atoms with Crippen LogP contribution in [0.1, 0.15) is 5.56 Å². The molecule has 0 fully saturated rings. The summed E-state index contributed by atoms with van der Waals surface area (Å²) >= 11 is 5.12. The molecule has 0 saturated heterocycles. The minimum atomic E-state index is -1.01. The summed E-state index contributed by atoms with van der Waals surface area (Å²) < 4.78 is 5.04. The van der Waals surface area contributed by atoms with Gasteiger partial charge in [0.2, 0.25) is 0 Å². The highest BCUT2D eigenvalue weighted by atomic mass is 32.1. The van der Waals surface area contributed by atoms with E-state index in [1.54, 1.807) is 30.5 Å². The van der Waals surface area contributed by atoms with Crippen LogP contribution in [0.2, 0.25) is 0 Å². The maximum absolute atomic E-state index is 10.4. The van der Waals surface area contributed by atoms with Gasteiger partial charge < -0.3 is 15.2 Å². The smallest absolute Gasteiger partial charge is 0.341 e. The minimum Gasteiger partial charge on any atom is -0.482 e. The highest BCUT2D eigenvalue weighted by Crippen LogP contribution is 2.10. The van der Waals surface area contributed by atoms with Crippen LogP contribution in [0.3, 0.4) is 0 Å². The van der Waals surface area contributed by atoms with Crippen molar-refractivity contribution in [3.63, 3.8) is 0 Å². The van der Waals surface area contributed by atoms with E-state index in [0.717, 1.165) is 11.3 Å². The SMILES string of the molecule is O=C(O)COc1ccc(/C=N/NC(=S)Nc2ccccc2)cc1. The second kappa shape index (κ2) is 8.50. The third-order valence-corrected chi connectivity index (χ3v) is 2.85. The summed E-state index contributed by atoms with van der Waals surface area (Å²) in [4.78, 5) is 10.4. The predicted octanol–water partition coefficient (Wildman–Crippen LogP) is 2.47. The monoisotopic (exact) mass is 329 g/mol. The highest BCUT2D eigenvalue weighted by Gasteiger charge is 1.99. The van der Waals surface area contributed by atoms with Gasteiger partial charge in [-0.25, -0.2) is 4.79 Å². The van der Waals surface area contributed by atoms with Crippen molar-refractivity contribution in [3.05, 3.63) is 60.2 Å². The van der Waals surface area contributed by atoms with Gasteiger partial charge in [0, 0.05) is 5.69 Å². The number of carboxylic acids is 1. The standard InChI is InChI=1S/C16H15N3O3S/c20-15(21)11-22-14-8-6-12(7-9-14)10-17-19-16(23)18-13-4-2-1-3-5-13/h1-10H,11H2,(H,20,21)(H2,18,19,23)/b17-10+. The Balaban J connectivity index is 1.81. The summed E-state index contributed by atoms with van der Waals surface area (Å²) in [6.45, 7) is -0.367. The first kappa shape index (κ1) is 16.4. The molecule has 0 heterocycles. The molecule has 0 aliphatic carbocycles. The molecule has 0 unspecified atom stereocenters. The van der Waals surface area contributed by atoms with Gasteiger partial charge in [-0.1, -0.05) is 18.2 Å². The van der Waals surface area contributed by atoms with Crippen LogP contribution in [0, 0.1) is 0 Å². The Bertz CT molecular complexity index is 687. The molecule has 0 radical (unpaired) electrons. The van der Waals surface area contributed by atoms with E-state index in [-0.39, 0.29) is 6.61 Å². The van der Waals surface area contributed by atoms with Gasteiger partial charge >= 0.3 is 5.97 Å². The molecule has 2 aromatic rings. The number of ether oxygens (including phenoxy) is 1. The van der Waals surface area contributed by atoms with Crippen molar-refractivity contribution in [3.8, 4) is 5.75 Å². The van der Waals surface area contributed by atoms with E-state index in [2.05, 4.69) is 15.8 Å². The molecule has 3 N–H and O–H groups in total. The van der Waals surface area contributed by atoms with Crippen molar-refractivity contribution in [2.24, 2.45) is 5.10 Å². The molecular weight excluding hydrogens is 314 g/mol. The van der Waals surface area contributed by atoms with E-state index in [1.165, 1.54) is 0 Å². The van der Waals surface area contributed by atoms with Crippen LogP contribution in [0.5, 0.6) is 5.75 Å². The first-order chi connectivity index (χ1) is 11.1. The van der Waals surface area contributed by atoms with Crippen molar-refractivity contribution < 1.29 is 14.6 Å². The van der Waals surface area contributed by atoms with Crippen LogP contribution >= 0.6 is 12.2 Å². The van der Waals surface area contributed by atoms with Gasteiger partial charge in [0.15, 0.2) is 11.7 Å². The Hall–Kier alpha value is -2.93. The molecule has 23 heavy (non-hydrogen) atoms. The van der Waals surface area contributed by atoms with Crippen LogP contribution in [-0.2, 0) is 4.79 Å². The van der Waals surface area contributed by atoms with E-state index >= 15 is 0 Å². The molecule has 0 aliphatic rings. The van der Waals surface area contributed by atoms with Crippen molar-refractivity contribution in [1.29, 1.82) is 0 Å². The van der Waals surface area contributed by atoms with Crippen molar-refractivity contribution in [2.45, 2.75) is 0 Å². The summed E-state index contributed by atoms with van der Waals surface area (Å²) in [6, 6.07) is 16.4. The lowest BCUT2D eigenvalue weighted by molar-refractivity contribution is -0.139. The number of hydrazone groups is 1. The third kappa shape index (κ3) is 6.15. The van der Waals surface area contributed by atoms with Crippen molar-refractivity contribution >= 4 is 35.2 Å². The van der Waals surface area contributed by atoms with Gasteiger partial charge in [0.1, 0.15) is 5.75 Å². The second-order valence-electron chi connectivity index (χ2n) is 4.44. The number of aliphatic carboxylic acids is 1. The maximum Gasteiger partial charge on any atom is 0.341 e. The molecule has 0 aliphatic heterocycles. The summed E-state index contributed by atoms with van der Waals surface area (Å²) in [5, 5.41) is 15.9. The average Bonchev–Trinajstić information content (AvgIpc) is 2.55. The molecule has 2 aromatic carbocycles. The van der Waals surface area contributed by atoms with E-state index in [1.807, 2.05) is 30.3 Å². The van der Waals surface area contributed by atoms with E-state index in [9.17, 15) is 4.79 Å². The average molecular weight is 329 g/mol.